The van der Waals surface area contributed by atoms with Gasteiger partial charge in [-0.05, 0) is 37.1 Å². The van der Waals surface area contributed by atoms with Crippen LogP contribution in [0.3, 0.4) is 0 Å². The Kier molecular flexibility index (Phi) is 5.55. The fraction of sp³-hybridized carbons (Fsp3) is 0.588. The first-order valence-electron chi connectivity index (χ1n) is 8.12. The van der Waals surface area contributed by atoms with Gasteiger partial charge in [-0.15, -0.1) is 0 Å². The fourth-order valence-electron chi connectivity index (χ4n) is 2.78. The molecule has 0 aliphatic carbocycles. The molecule has 1 saturated heterocycles. The summed E-state index contributed by atoms with van der Waals surface area (Å²) in [5, 5.41) is 0. The van der Waals surface area contributed by atoms with Crippen LogP contribution in [0.5, 0.6) is 5.75 Å². The van der Waals surface area contributed by atoms with Crippen LogP contribution in [-0.2, 0) is 14.8 Å². The lowest BCUT2D eigenvalue weighted by Gasteiger charge is -2.35. The van der Waals surface area contributed by atoms with Gasteiger partial charge in [0.25, 0.3) is 0 Å². The second-order valence-electron chi connectivity index (χ2n) is 6.47. The molecule has 1 aromatic rings. The zero-order valence-electron chi connectivity index (χ0n) is 15.0. The number of methoxy groups -OCH3 is 1. The molecular weight excluding hydrogens is 328 g/mol. The molecule has 134 valence electrons. The second kappa shape index (κ2) is 7.11. The summed E-state index contributed by atoms with van der Waals surface area (Å²) in [7, 11) is -2.17. The van der Waals surface area contributed by atoms with Crippen LogP contribution in [-0.4, -0.2) is 56.8 Å². The van der Waals surface area contributed by atoms with Crippen LogP contribution < -0.4 is 4.74 Å². The Labute approximate surface area is 144 Å². The van der Waals surface area contributed by atoms with Gasteiger partial charge in [0, 0.05) is 32.1 Å². The van der Waals surface area contributed by atoms with E-state index in [9.17, 15) is 13.2 Å². The second-order valence-corrected chi connectivity index (χ2v) is 8.38. The number of carbonyl (C=O) groups is 1. The first kappa shape index (κ1) is 18.7. The highest BCUT2D eigenvalue weighted by atomic mass is 32.2. The smallest absolute Gasteiger partial charge is 0.246 e. The Balaban J connectivity index is 2.24. The third-order valence-electron chi connectivity index (χ3n) is 4.44. The van der Waals surface area contributed by atoms with Gasteiger partial charge in [-0.1, -0.05) is 13.8 Å². The Morgan fingerprint density at radius 3 is 2.12 bits per heavy atom. The normalized spacial score (nSPS) is 16.5. The fourth-order valence-corrected chi connectivity index (χ4v) is 4.42. The number of benzene rings is 1. The van der Waals surface area contributed by atoms with Crippen molar-refractivity contribution in [1.82, 2.24) is 9.21 Å². The van der Waals surface area contributed by atoms with E-state index in [2.05, 4.69) is 0 Å². The average Bonchev–Trinajstić information content (AvgIpc) is 2.56. The maximum absolute atomic E-state index is 13.0. The molecule has 6 nitrogen and oxygen atoms in total. The van der Waals surface area contributed by atoms with Gasteiger partial charge in [-0.2, -0.15) is 4.31 Å². The number of carbonyl (C=O) groups excluding carboxylic acids is 1. The lowest BCUT2D eigenvalue weighted by molar-refractivity contribution is -0.135. The molecule has 0 unspecified atom stereocenters. The van der Waals surface area contributed by atoms with Crippen molar-refractivity contribution in [3.8, 4) is 5.75 Å². The van der Waals surface area contributed by atoms with Crippen molar-refractivity contribution < 1.29 is 17.9 Å². The lowest BCUT2D eigenvalue weighted by Crippen LogP contribution is -2.51. The molecule has 1 aromatic carbocycles. The van der Waals surface area contributed by atoms with Crippen molar-refractivity contribution in [2.45, 2.75) is 32.6 Å². The number of hydrogen-bond donors (Lipinski definition) is 0. The maximum Gasteiger partial charge on any atom is 0.246 e. The quantitative estimate of drug-likeness (QED) is 0.827. The van der Waals surface area contributed by atoms with Gasteiger partial charge >= 0.3 is 0 Å². The molecule has 2 rings (SSSR count). The van der Waals surface area contributed by atoms with E-state index in [1.54, 1.807) is 17.0 Å². The standard InChI is InChI=1S/C17H26N2O4S/c1-12(2)17(20)18-6-8-19(9-7-18)24(21,22)16-11-14(4)13(3)10-15(16)23-5/h10-12H,6-9H2,1-5H3. The van der Waals surface area contributed by atoms with Gasteiger partial charge in [-0.25, -0.2) is 8.42 Å². The molecule has 1 amide bonds. The molecule has 0 bridgehead atoms. The Bertz CT molecular complexity index is 720. The topological polar surface area (TPSA) is 66.9 Å². The highest BCUT2D eigenvalue weighted by Gasteiger charge is 2.32. The summed E-state index contributed by atoms with van der Waals surface area (Å²) >= 11 is 0. The van der Waals surface area contributed by atoms with E-state index in [1.807, 2.05) is 27.7 Å². The number of ether oxygens (including phenoxy) is 1. The Morgan fingerprint density at radius 1 is 1.08 bits per heavy atom. The van der Waals surface area contributed by atoms with Gasteiger partial charge < -0.3 is 9.64 Å². The van der Waals surface area contributed by atoms with E-state index in [4.69, 9.17) is 4.74 Å². The van der Waals surface area contributed by atoms with Crippen LogP contribution in [0.15, 0.2) is 17.0 Å². The summed E-state index contributed by atoms with van der Waals surface area (Å²) in [5.74, 6) is 0.350. The minimum atomic E-state index is -3.64. The Hall–Kier alpha value is -1.60. The van der Waals surface area contributed by atoms with Gasteiger partial charge in [0.15, 0.2) is 0 Å². The first-order chi connectivity index (χ1) is 11.2. The molecule has 0 N–H and O–H groups in total. The lowest BCUT2D eigenvalue weighted by atomic mass is 10.1. The van der Waals surface area contributed by atoms with Crippen LogP contribution in [0.4, 0.5) is 0 Å². The van der Waals surface area contributed by atoms with Crippen molar-refractivity contribution in [2.75, 3.05) is 33.3 Å². The van der Waals surface area contributed by atoms with E-state index >= 15 is 0 Å². The van der Waals surface area contributed by atoms with Crippen LogP contribution in [0.1, 0.15) is 25.0 Å². The first-order valence-corrected chi connectivity index (χ1v) is 9.56. The van der Waals surface area contributed by atoms with E-state index in [0.717, 1.165) is 11.1 Å². The molecule has 7 heteroatoms. The number of sulfonamides is 1. The van der Waals surface area contributed by atoms with Crippen LogP contribution in [0.25, 0.3) is 0 Å². The maximum atomic E-state index is 13.0. The summed E-state index contributed by atoms with van der Waals surface area (Å²) in [6.45, 7) is 8.95. The van der Waals surface area contributed by atoms with Gasteiger partial charge in [0.1, 0.15) is 10.6 Å². The Morgan fingerprint density at radius 2 is 1.62 bits per heavy atom. The molecule has 24 heavy (non-hydrogen) atoms. The summed E-state index contributed by atoms with van der Waals surface area (Å²) in [6.07, 6.45) is 0. The molecule has 1 fully saturated rings. The minimum absolute atomic E-state index is 0.0656. The van der Waals surface area contributed by atoms with Crippen molar-refractivity contribution in [1.29, 1.82) is 0 Å². The number of nitrogens with zero attached hydrogens (tertiary/aromatic N) is 2. The third-order valence-corrected chi connectivity index (χ3v) is 6.36. The molecule has 0 aromatic heterocycles. The van der Waals surface area contributed by atoms with Crippen molar-refractivity contribution in [3.63, 3.8) is 0 Å². The number of hydrogen-bond acceptors (Lipinski definition) is 4. The predicted octanol–water partition coefficient (Wildman–Crippen LogP) is 1.80. The average molecular weight is 354 g/mol. The van der Waals surface area contributed by atoms with Gasteiger partial charge in [0.05, 0.1) is 7.11 Å². The zero-order chi connectivity index (χ0) is 18.1. The summed E-state index contributed by atoms with van der Waals surface area (Å²) in [5.41, 5.74) is 1.89. The summed E-state index contributed by atoms with van der Waals surface area (Å²) in [4.78, 5) is 14.0. The third kappa shape index (κ3) is 3.57. The van der Waals surface area contributed by atoms with E-state index in [0.29, 0.717) is 31.9 Å². The van der Waals surface area contributed by atoms with Crippen molar-refractivity contribution in [3.05, 3.63) is 23.3 Å². The van der Waals surface area contributed by atoms with Gasteiger partial charge in [0.2, 0.25) is 15.9 Å². The molecule has 0 radical (unpaired) electrons. The van der Waals surface area contributed by atoms with E-state index in [1.165, 1.54) is 11.4 Å². The molecule has 0 atom stereocenters. The monoisotopic (exact) mass is 354 g/mol. The SMILES string of the molecule is COc1cc(C)c(C)cc1S(=O)(=O)N1CCN(C(=O)C(C)C)CC1. The molecule has 1 aliphatic heterocycles. The van der Waals surface area contributed by atoms with Crippen LogP contribution >= 0.6 is 0 Å². The van der Waals surface area contributed by atoms with Crippen LogP contribution in [0, 0.1) is 19.8 Å². The number of aryl methyl sites for hydroxylation is 2. The zero-order valence-corrected chi connectivity index (χ0v) is 15.8. The number of amides is 1. The summed E-state index contributed by atoms with van der Waals surface area (Å²) < 4.78 is 32.7. The molecule has 1 heterocycles. The van der Waals surface area contributed by atoms with Crippen LogP contribution in [0.2, 0.25) is 0 Å². The predicted molar refractivity (Wildman–Crippen MR) is 92.6 cm³/mol. The highest BCUT2D eigenvalue weighted by Crippen LogP contribution is 2.30. The van der Waals surface area contributed by atoms with E-state index < -0.39 is 10.0 Å². The highest BCUT2D eigenvalue weighted by molar-refractivity contribution is 7.89. The molecular formula is C17H26N2O4S. The molecule has 1 aliphatic rings. The largest absolute Gasteiger partial charge is 0.495 e. The molecule has 0 spiro atoms. The summed E-state index contributed by atoms with van der Waals surface area (Å²) in [6, 6.07) is 3.41. The van der Waals surface area contributed by atoms with Crippen molar-refractivity contribution in [2.24, 2.45) is 5.92 Å². The van der Waals surface area contributed by atoms with Gasteiger partial charge in [-0.3, -0.25) is 4.79 Å². The number of rotatable bonds is 4. The minimum Gasteiger partial charge on any atom is -0.495 e. The van der Waals surface area contributed by atoms with E-state index in [-0.39, 0.29) is 16.7 Å². The van der Waals surface area contributed by atoms with Crippen molar-refractivity contribution >= 4 is 15.9 Å². The molecule has 0 saturated carbocycles. The number of piperazine rings is 1.